The second kappa shape index (κ2) is 6.83. The third kappa shape index (κ3) is 4.54. The largest absolute Gasteiger partial charge is 0.413 e. The Morgan fingerprint density at radius 3 is 2.19 bits per heavy atom. The lowest BCUT2D eigenvalue weighted by Crippen LogP contribution is -2.61. The van der Waals surface area contributed by atoms with E-state index in [2.05, 4.69) is 40.8 Å². The Bertz CT molecular complexity index is 622. The van der Waals surface area contributed by atoms with Crippen molar-refractivity contribution >= 4 is 18.4 Å². The van der Waals surface area contributed by atoms with E-state index < -0.39 is 24.0 Å². The fourth-order valence-corrected chi connectivity index (χ4v) is 6.75. The Morgan fingerprint density at radius 2 is 1.69 bits per heavy atom. The molecule has 0 saturated heterocycles. The van der Waals surface area contributed by atoms with Crippen molar-refractivity contribution in [2.75, 3.05) is 6.26 Å². The highest BCUT2D eigenvalue weighted by atomic mass is 32.2. The molecule has 2 rings (SSSR count). The van der Waals surface area contributed by atoms with Crippen molar-refractivity contribution in [1.29, 1.82) is 0 Å². The molecule has 0 aliphatic heterocycles. The molecule has 2 aliphatic rings. The zero-order valence-electron chi connectivity index (χ0n) is 17.8. The molecule has 0 radical (unpaired) electrons. The van der Waals surface area contributed by atoms with E-state index in [1.165, 1.54) is 0 Å². The summed E-state index contributed by atoms with van der Waals surface area (Å²) in [5, 5.41) is 11.2. The van der Waals surface area contributed by atoms with E-state index in [4.69, 9.17) is 8.61 Å². The molecule has 0 bridgehead atoms. The molecule has 2 saturated carbocycles. The van der Waals surface area contributed by atoms with Gasteiger partial charge in [0, 0.05) is 0 Å². The van der Waals surface area contributed by atoms with Crippen molar-refractivity contribution in [3.63, 3.8) is 0 Å². The Labute approximate surface area is 161 Å². The van der Waals surface area contributed by atoms with Crippen LogP contribution in [-0.2, 0) is 18.7 Å². The number of fused-ring (bicyclic) bond motifs is 1. The smallest absolute Gasteiger partial charge is 0.264 e. The average Bonchev–Trinajstić information content (AvgIpc) is 2.41. The zero-order chi connectivity index (χ0) is 20.2. The summed E-state index contributed by atoms with van der Waals surface area (Å²) in [6.45, 7) is 15.4. The highest BCUT2D eigenvalue weighted by Gasteiger charge is 2.57. The lowest BCUT2D eigenvalue weighted by molar-refractivity contribution is -0.174. The summed E-state index contributed by atoms with van der Waals surface area (Å²) in [4.78, 5) is 0. The lowest BCUT2D eigenvalue weighted by atomic mass is 9.53. The van der Waals surface area contributed by atoms with Crippen LogP contribution in [0.2, 0.25) is 18.1 Å². The monoisotopic (exact) mass is 406 g/mol. The standard InChI is InChI=1S/C19H38O5SSi/c1-17(2,3)26(7,8)24-16-10-12-19(5,20)15-13-14(23-25(6,21)22)9-11-18(15,16)4/h14-16,20H,9-13H2,1-8H3/t14-,15-,16-,18-,19+/m0/s1. The van der Waals surface area contributed by atoms with Crippen molar-refractivity contribution in [3.8, 4) is 0 Å². The summed E-state index contributed by atoms with van der Waals surface area (Å²) >= 11 is 0. The van der Waals surface area contributed by atoms with Crippen molar-refractivity contribution in [2.45, 2.75) is 103 Å². The predicted molar refractivity (Wildman–Crippen MR) is 107 cm³/mol. The minimum atomic E-state index is -3.49. The van der Waals surface area contributed by atoms with Crippen LogP contribution in [0.25, 0.3) is 0 Å². The van der Waals surface area contributed by atoms with Crippen molar-refractivity contribution < 1.29 is 22.1 Å². The number of hydrogen-bond acceptors (Lipinski definition) is 5. The maximum Gasteiger partial charge on any atom is 0.264 e. The first kappa shape index (κ1) is 22.3. The second-order valence-corrected chi connectivity index (χ2v) is 16.9. The molecule has 0 aromatic carbocycles. The van der Waals surface area contributed by atoms with E-state index in [0.29, 0.717) is 19.3 Å². The van der Waals surface area contributed by atoms with Gasteiger partial charge < -0.3 is 9.53 Å². The SMILES string of the molecule is CC(C)(C)[Si](C)(C)O[C@H]1CC[C@@](C)(O)[C@H]2C[C@@H](OS(C)(=O)=O)CC[C@]12C. The van der Waals surface area contributed by atoms with Crippen LogP contribution in [0.5, 0.6) is 0 Å². The molecule has 2 aliphatic carbocycles. The molecule has 0 aromatic heterocycles. The molecule has 5 atom stereocenters. The van der Waals surface area contributed by atoms with Crippen LogP contribution >= 0.6 is 0 Å². The summed E-state index contributed by atoms with van der Waals surface area (Å²) in [7, 11) is -5.41. The molecule has 26 heavy (non-hydrogen) atoms. The summed E-state index contributed by atoms with van der Waals surface area (Å²) in [5.41, 5.74) is -0.976. The molecular weight excluding hydrogens is 368 g/mol. The molecule has 5 nitrogen and oxygen atoms in total. The Morgan fingerprint density at radius 1 is 1.12 bits per heavy atom. The van der Waals surface area contributed by atoms with Gasteiger partial charge >= 0.3 is 0 Å². The second-order valence-electron chi connectivity index (χ2n) is 10.5. The van der Waals surface area contributed by atoms with Gasteiger partial charge in [0.05, 0.1) is 24.1 Å². The van der Waals surface area contributed by atoms with Crippen molar-refractivity contribution in [3.05, 3.63) is 0 Å². The van der Waals surface area contributed by atoms with Crippen LogP contribution in [-0.4, -0.2) is 45.9 Å². The van der Waals surface area contributed by atoms with Crippen LogP contribution in [0, 0.1) is 11.3 Å². The lowest BCUT2D eigenvalue weighted by Gasteiger charge is -2.59. The van der Waals surface area contributed by atoms with Gasteiger partial charge in [0.25, 0.3) is 10.1 Å². The summed E-state index contributed by atoms with van der Waals surface area (Å²) in [5.74, 6) is -0.0287. The van der Waals surface area contributed by atoms with Crippen LogP contribution in [0.15, 0.2) is 0 Å². The first-order valence-corrected chi connectivity index (χ1v) is 14.5. The molecule has 1 N–H and O–H groups in total. The minimum Gasteiger partial charge on any atom is -0.413 e. The van der Waals surface area contributed by atoms with Crippen LogP contribution < -0.4 is 0 Å². The van der Waals surface area contributed by atoms with Gasteiger partial charge in [-0.05, 0) is 68.5 Å². The third-order valence-corrected chi connectivity index (χ3v) is 12.4. The quantitative estimate of drug-likeness (QED) is 0.563. The Balaban J connectivity index is 2.27. The van der Waals surface area contributed by atoms with E-state index in [9.17, 15) is 13.5 Å². The molecule has 0 spiro atoms. The molecule has 0 amide bonds. The fraction of sp³-hybridized carbons (Fsp3) is 1.00. The van der Waals surface area contributed by atoms with Gasteiger partial charge in [-0.1, -0.05) is 27.7 Å². The zero-order valence-corrected chi connectivity index (χ0v) is 19.6. The highest BCUT2D eigenvalue weighted by molar-refractivity contribution is 7.86. The average molecular weight is 407 g/mol. The van der Waals surface area contributed by atoms with E-state index in [1.807, 2.05) is 6.92 Å². The van der Waals surface area contributed by atoms with Crippen molar-refractivity contribution in [2.24, 2.45) is 11.3 Å². The summed E-state index contributed by atoms with van der Waals surface area (Å²) in [6.07, 6.45) is 4.45. The summed E-state index contributed by atoms with van der Waals surface area (Å²) in [6, 6.07) is 0. The van der Waals surface area contributed by atoms with Gasteiger partial charge in [0.2, 0.25) is 0 Å². The van der Waals surface area contributed by atoms with Gasteiger partial charge in [0.15, 0.2) is 8.32 Å². The molecule has 154 valence electrons. The van der Waals surface area contributed by atoms with E-state index >= 15 is 0 Å². The minimum absolute atomic E-state index is 0.0287. The molecule has 0 heterocycles. The maximum absolute atomic E-state index is 11.6. The van der Waals surface area contributed by atoms with E-state index in [1.54, 1.807) is 0 Å². The molecular formula is C19H38O5SSi. The molecule has 0 aromatic rings. The Kier molecular flexibility index (Phi) is 5.87. The van der Waals surface area contributed by atoms with Gasteiger partial charge in [-0.25, -0.2) is 0 Å². The molecule has 2 fully saturated rings. The number of aliphatic hydroxyl groups is 1. The Hall–Kier alpha value is 0.0469. The topological polar surface area (TPSA) is 72.8 Å². The molecule has 0 unspecified atom stereocenters. The molecule has 7 heteroatoms. The first-order chi connectivity index (χ1) is 11.5. The van der Waals surface area contributed by atoms with Crippen molar-refractivity contribution in [1.82, 2.24) is 0 Å². The fourth-order valence-electron chi connectivity index (χ4n) is 4.63. The van der Waals surface area contributed by atoms with E-state index in [-0.39, 0.29) is 28.6 Å². The summed E-state index contributed by atoms with van der Waals surface area (Å²) < 4.78 is 35.2. The number of rotatable bonds is 4. The van der Waals surface area contributed by atoms with Crippen LogP contribution in [0.4, 0.5) is 0 Å². The maximum atomic E-state index is 11.6. The predicted octanol–water partition coefficient (Wildman–Crippen LogP) is 4.07. The van der Waals surface area contributed by atoms with Crippen LogP contribution in [0.3, 0.4) is 0 Å². The first-order valence-electron chi connectivity index (χ1n) is 9.76. The normalized spacial score (nSPS) is 39.5. The third-order valence-electron chi connectivity index (χ3n) is 7.25. The van der Waals surface area contributed by atoms with E-state index in [0.717, 1.165) is 19.1 Å². The van der Waals surface area contributed by atoms with Gasteiger partial charge in [-0.2, -0.15) is 8.42 Å². The van der Waals surface area contributed by atoms with Gasteiger partial charge in [0.1, 0.15) is 0 Å². The van der Waals surface area contributed by atoms with Gasteiger partial charge in [-0.3, -0.25) is 4.18 Å². The van der Waals surface area contributed by atoms with Crippen LogP contribution in [0.1, 0.15) is 66.7 Å². The highest BCUT2D eigenvalue weighted by Crippen LogP contribution is 2.56. The number of hydrogen-bond donors (Lipinski definition) is 1. The van der Waals surface area contributed by atoms with Gasteiger partial charge in [-0.15, -0.1) is 0 Å².